The molecule has 0 saturated heterocycles. The lowest BCUT2D eigenvalue weighted by atomic mass is 10.3. The number of anilines is 1. The van der Waals surface area contributed by atoms with Crippen molar-refractivity contribution in [2.24, 2.45) is 7.05 Å². The van der Waals surface area contributed by atoms with Gasteiger partial charge in [0.1, 0.15) is 5.02 Å². The van der Waals surface area contributed by atoms with Gasteiger partial charge in [0.05, 0.1) is 17.6 Å². The van der Waals surface area contributed by atoms with Gasteiger partial charge in [0.2, 0.25) is 0 Å². The Morgan fingerprint density at radius 3 is 2.90 bits per heavy atom. The highest BCUT2D eigenvalue weighted by Crippen LogP contribution is 2.15. The number of halogens is 1. The summed E-state index contributed by atoms with van der Waals surface area (Å²) < 4.78 is 3.14. The zero-order chi connectivity index (χ0) is 14.5. The molecular formula is C13H18ClN5O. The fourth-order valence-corrected chi connectivity index (χ4v) is 2.09. The van der Waals surface area contributed by atoms with Crippen molar-refractivity contribution in [1.29, 1.82) is 0 Å². The fraction of sp³-hybridized carbons (Fsp3) is 0.462. The first-order valence-electron chi connectivity index (χ1n) is 6.60. The van der Waals surface area contributed by atoms with Crippen LogP contribution < -0.4 is 10.9 Å². The van der Waals surface area contributed by atoms with Crippen molar-refractivity contribution in [1.82, 2.24) is 19.6 Å². The molecule has 0 unspecified atom stereocenters. The average Bonchev–Trinajstić information content (AvgIpc) is 2.84. The number of hydrogen-bond acceptors (Lipinski definition) is 4. The van der Waals surface area contributed by atoms with E-state index in [0.29, 0.717) is 18.8 Å². The van der Waals surface area contributed by atoms with E-state index in [9.17, 15) is 4.79 Å². The van der Waals surface area contributed by atoms with Gasteiger partial charge in [0.25, 0.3) is 5.56 Å². The molecule has 2 heterocycles. The first kappa shape index (κ1) is 14.6. The van der Waals surface area contributed by atoms with Crippen LogP contribution in [0.3, 0.4) is 0 Å². The van der Waals surface area contributed by atoms with Crippen molar-refractivity contribution in [2.75, 3.05) is 11.9 Å². The minimum atomic E-state index is -0.253. The highest BCUT2D eigenvalue weighted by atomic mass is 35.5. The molecule has 0 atom stereocenters. The first-order chi connectivity index (χ1) is 9.61. The minimum Gasteiger partial charge on any atom is -0.382 e. The predicted molar refractivity (Wildman–Crippen MR) is 79.2 cm³/mol. The smallest absolute Gasteiger partial charge is 0.287 e. The van der Waals surface area contributed by atoms with Gasteiger partial charge in [-0.05, 0) is 12.5 Å². The lowest BCUT2D eigenvalue weighted by Gasteiger charge is -2.09. The molecule has 0 saturated carbocycles. The van der Waals surface area contributed by atoms with E-state index < -0.39 is 0 Å². The molecular weight excluding hydrogens is 278 g/mol. The summed E-state index contributed by atoms with van der Waals surface area (Å²) in [6, 6.07) is 1.96. The van der Waals surface area contributed by atoms with E-state index >= 15 is 0 Å². The number of nitrogens with one attached hydrogen (secondary N) is 1. The molecule has 0 aromatic carbocycles. The van der Waals surface area contributed by atoms with Gasteiger partial charge in [0.15, 0.2) is 0 Å². The average molecular weight is 296 g/mol. The van der Waals surface area contributed by atoms with Crippen LogP contribution >= 0.6 is 11.6 Å². The number of aryl methyl sites for hydroxylation is 2. The molecule has 2 aromatic heterocycles. The Balaban J connectivity index is 1.99. The summed E-state index contributed by atoms with van der Waals surface area (Å²) in [5.41, 5.74) is 1.31. The van der Waals surface area contributed by atoms with Crippen LogP contribution in [0.2, 0.25) is 5.02 Å². The van der Waals surface area contributed by atoms with Crippen molar-refractivity contribution in [3.05, 3.63) is 39.5 Å². The Bertz CT molecular complexity index is 634. The summed E-state index contributed by atoms with van der Waals surface area (Å²) in [6.07, 6.45) is 5.10. The normalized spacial score (nSPS) is 10.8. The van der Waals surface area contributed by atoms with Crippen molar-refractivity contribution in [2.45, 2.75) is 26.3 Å². The van der Waals surface area contributed by atoms with E-state index in [0.717, 1.165) is 18.5 Å². The molecule has 1 N–H and O–H groups in total. The third kappa shape index (κ3) is 3.39. The fourth-order valence-electron chi connectivity index (χ4n) is 1.88. The Hall–Kier alpha value is -1.82. The van der Waals surface area contributed by atoms with E-state index in [1.54, 1.807) is 10.9 Å². The SMILES string of the molecule is CCCn1ncc(NCCc2ccn(C)n2)c(Cl)c1=O. The second-order valence-corrected chi connectivity index (χ2v) is 4.94. The van der Waals surface area contributed by atoms with Crippen molar-refractivity contribution in [3.8, 4) is 0 Å². The van der Waals surface area contributed by atoms with E-state index in [4.69, 9.17) is 11.6 Å². The molecule has 0 spiro atoms. The second kappa shape index (κ2) is 6.56. The number of nitrogens with zero attached hydrogens (tertiary/aromatic N) is 4. The third-order valence-electron chi connectivity index (χ3n) is 2.89. The third-order valence-corrected chi connectivity index (χ3v) is 3.25. The Morgan fingerprint density at radius 2 is 2.25 bits per heavy atom. The maximum absolute atomic E-state index is 11.9. The first-order valence-corrected chi connectivity index (χ1v) is 6.97. The molecule has 2 rings (SSSR count). The topological polar surface area (TPSA) is 64.7 Å². The van der Waals surface area contributed by atoms with Crippen molar-refractivity contribution in [3.63, 3.8) is 0 Å². The van der Waals surface area contributed by atoms with Gasteiger partial charge in [-0.25, -0.2) is 4.68 Å². The van der Waals surface area contributed by atoms with Crippen LogP contribution in [0, 0.1) is 0 Å². The highest BCUT2D eigenvalue weighted by molar-refractivity contribution is 6.32. The van der Waals surface area contributed by atoms with E-state index in [1.807, 2.05) is 26.2 Å². The Kier molecular flexibility index (Phi) is 4.79. The van der Waals surface area contributed by atoms with Crippen LogP contribution in [0.5, 0.6) is 0 Å². The summed E-state index contributed by atoms with van der Waals surface area (Å²) in [5.74, 6) is 0. The monoisotopic (exact) mass is 295 g/mol. The minimum absolute atomic E-state index is 0.189. The summed E-state index contributed by atoms with van der Waals surface area (Å²) in [4.78, 5) is 11.9. The van der Waals surface area contributed by atoms with Crippen LogP contribution in [0.4, 0.5) is 5.69 Å². The van der Waals surface area contributed by atoms with Gasteiger partial charge < -0.3 is 5.32 Å². The molecule has 0 fully saturated rings. The standard InChI is InChI=1S/C13H18ClN5O/c1-3-7-19-13(20)12(14)11(9-16-19)15-6-4-10-5-8-18(2)17-10/h5,8-9,15H,3-4,6-7H2,1-2H3. The molecule has 20 heavy (non-hydrogen) atoms. The van der Waals surface area contributed by atoms with Crippen molar-refractivity contribution < 1.29 is 0 Å². The number of aromatic nitrogens is 4. The van der Waals surface area contributed by atoms with Gasteiger partial charge in [-0.2, -0.15) is 10.2 Å². The molecule has 2 aromatic rings. The highest BCUT2D eigenvalue weighted by Gasteiger charge is 2.08. The van der Waals surface area contributed by atoms with Gasteiger partial charge in [-0.3, -0.25) is 9.48 Å². The van der Waals surface area contributed by atoms with Crippen LogP contribution in [0.15, 0.2) is 23.3 Å². The van der Waals surface area contributed by atoms with Crippen molar-refractivity contribution >= 4 is 17.3 Å². The molecule has 108 valence electrons. The molecule has 7 heteroatoms. The largest absolute Gasteiger partial charge is 0.382 e. The Morgan fingerprint density at radius 1 is 1.45 bits per heavy atom. The molecule has 6 nitrogen and oxygen atoms in total. The zero-order valence-electron chi connectivity index (χ0n) is 11.6. The quantitative estimate of drug-likeness (QED) is 0.881. The number of hydrogen-bond donors (Lipinski definition) is 1. The maximum atomic E-state index is 11.9. The maximum Gasteiger partial charge on any atom is 0.287 e. The molecule has 0 aliphatic heterocycles. The lowest BCUT2D eigenvalue weighted by Crippen LogP contribution is -2.24. The zero-order valence-corrected chi connectivity index (χ0v) is 12.4. The van der Waals surface area contributed by atoms with Gasteiger partial charge in [-0.15, -0.1) is 0 Å². The summed E-state index contributed by atoms with van der Waals surface area (Å²) in [5, 5.41) is 11.7. The summed E-state index contributed by atoms with van der Waals surface area (Å²) in [7, 11) is 1.88. The molecule has 0 aliphatic rings. The summed E-state index contributed by atoms with van der Waals surface area (Å²) >= 11 is 6.06. The van der Waals surface area contributed by atoms with E-state index in [2.05, 4.69) is 15.5 Å². The molecule has 0 aliphatic carbocycles. The summed E-state index contributed by atoms with van der Waals surface area (Å²) in [6.45, 7) is 3.21. The number of rotatable bonds is 6. The Labute approximate surface area is 122 Å². The van der Waals surface area contributed by atoms with E-state index in [1.165, 1.54) is 4.68 Å². The van der Waals surface area contributed by atoms with Gasteiger partial charge >= 0.3 is 0 Å². The van der Waals surface area contributed by atoms with Crippen LogP contribution in [-0.4, -0.2) is 26.1 Å². The lowest BCUT2D eigenvalue weighted by molar-refractivity contribution is 0.568. The van der Waals surface area contributed by atoms with Crippen LogP contribution in [0.25, 0.3) is 0 Å². The molecule has 0 radical (unpaired) electrons. The molecule has 0 bridgehead atoms. The van der Waals surface area contributed by atoms with Gasteiger partial charge in [0, 0.05) is 32.8 Å². The van der Waals surface area contributed by atoms with Crippen LogP contribution in [0.1, 0.15) is 19.0 Å². The predicted octanol–water partition coefficient (Wildman–Crippen LogP) is 1.69. The van der Waals surface area contributed by atoms with E-state index in [-0.39, 0.29) is 10.6 Å². The molecule has 0 amide bonds. The van der Waals surface area contributed by atoms with Gasteiger partial charge in [-0.1, -0.05) is 18.5 Å². The second-order valence-electron chi connectivity index (χ2n) is 4.56. The van der Waals surface area contributed by atoms with Crippen LogP contribution in [-0.2, 0) is 20.0 Å².